The minimum atomic E-state index is 0.0891. The predicted octanol–water partition coefficient (Wildman–Crippen LogP) is 1.31. The Morgan fingerprint density at radius 1 is 1.50 bits per heavy atom. The minimum absolute atomic E-state index is 0.0891. The van der Waals surface area contributed by atoms with Crippen molar-refractivity contribution >= 4 is 5.78 Å². The number of carbonyl (C=O) groups excluding carboxylic acids is 1. The van der Waals surface area contributed by atoms with Gasteiger partial charge >= 0.3 is 0 Å². The number of allylic oxidation sites excluding steroid dienone is 2. The lowest BCUT2D eigenvalue weighted by Gasteiger charge is -2.01. The number of carbonyl (C=O) groups is 1. The van der Waals surface area contributed by atoms with Gasteiger partial charge in [0.05, 0.1) is 5.69 Å². The van der Waals surface area contributed by atoms with Crippen molar-refractivity contribution < 1.29 is 4.79 Å². The summed E-state index contributed by atoms with van der Waals surface area (Å²) in [5, 5.41) is 0. The van der Waals surface area contributed by atoms with Gasteiger partial charge in [-0.15, -0.1) is 0 Å². The van der Waals surface area contributed by atoms with Gasteiger partial charge in [-0.25, -0.2) is 0 Å². The zero-order valence-electron chi connectivity index (χ0n) is 5.42. The number of nitrogens with one attached hydrogen (secondary N) is 1. The quantitative estimate of drug-likeness (QED) is 0.568. The highest BCUT2D eigenvalue weighted by atomic mass is 16.1. The molecule has 50 valence electrons. The van der Waals surface area contributed by atoms with E-state index in [0.717, 1.165) is 17.7 Å². The van der Waals surface area contributed by atoms with Crippen LogP contribution in [-0.4, -0.2) is 10.8 Å². The molecule has 1 aliphatic rings. The molecular weight excluding hydrogens is 126 g/mol. The monoisotopic (exact) mass is 133 g/mol. The Hall–Kier alpha value is -1.31. The van der Waals surface area contributed by atoms with Crippen molar-refractivity contribution in [2.45, 2.75) is 6.42 Å². The van der Waals surface area contributed by atoms with Gasteiger partial charge in [-0.3, -0.25) is 4.79 Å². The number of hydrogen-bond donors (Lipinski definition) is 1. The molecule has 1 N–H and O–H groups in total. The molecule has 0 aliphatic heterocycles. The second-order valence-electron chi connectivity index (χ2n) is 2.35. The highest BCUT2D eigenvalue weighted by Gasteiger charge is 2.11. The van der Waals surface area contributed by atoms with Gasteiger partial charge < -0.3 is 4.98 Å². The summed E-state index contributed by atoms with van der Waals surface area (Å²) < 4.78 is 0. The van der Waals surface area contributed by atoms with Crippen LogP contribution in [0.1, 0.15) is 16.1 Å². The van der Waals surface area contributed by atoms with Gasteiger partial charge in [0, 0.05) is 6.20 Å². The van der Waals surface area contributed by atoms with Crippen molar-refractivity contribution in [2.75, 3.05) is 0 Å². The number of aromatic amines is 1. The number of rotatable bonds is 0. The summed E-state index contributed by atoms with van der Waals surface area (Å²) in [7, 11) is 0. The maximum atomic E-state index is 11.0. The summed E-state index contributed by atoms with van der Waals surface area (Å²) in [5.41, 5.74) is 1.86. The van der Waals surface area contributed by atoms with Crippen molar-refractivity contribution in [3.63, 3.8) is 0 Å². The first-order valence-corrected chi connectivity index (χ1v) is 3.25. The fourth-order valence-electron chi connectivity index (χ4n) is 1.18. The normalized spacial score (nSPS) is 15.4. The first kappa shape index (κ1) is 5.47. The van der Waals surface area contributed by atoms with E-state index in [4.69, 9.17) is 0 Å². The summed E-state index contributed by atoms with van der Waals surface area (Å²) >= 11 is 0. The molecule has 0 aromatic carbocycles. The lowest BCUT2D eigenvalue weighted by molar-refractivity contribution is 0.104. The topological polar surface area (TPSA) is 32.9 Å². The molecule has 1 aromatic rings. The van der Waals surface area contributed by atoms with Crippen LogP contribution in [0.4, 0.5) is 0 Å². The molecule has 2 nitrogen and oxygen atoms in total. The van der Waals surface area contributed by atoms with E-state index in [0.29, 0.717) is 0 Å². The third-order valence-electron chi connectivity index (χ3n) is 1.69. The lowest BCUT2D eigenvalue weighted by Crippen LogP contribution is -2.03. The standard InChI is InChI=1S/C8H7NO/c10-7-3-1-2-6-4-5-9-8(6)7/h1,3-5,9H,2H2. The van der Waals surface area contributed by atoms with Crippen LogP contribution in [0.5, 0.6) is 0 Å². The lowest BCUT2D eigenvalue weighted by atomic mass is 10.0. The number of fused-ring (bicyclic) bond motifs is 1. The molecule has 1 aliphatic carbocycles. The van der Waals surface area contributed by atoms with E-state index < -0.39 is 0 Å². The van der Waals surface area contributed by atoms with Crippen molar-refractivity contribution in [1.82, 2.24) is 4.98 Å². The molecular formula is C8H7NO. The first-order valence-electron chi connectivity index (χ1n) is 3.25. The Kier molecular flexibility index (Phi) is 1.01. The average molecular weight is 133 g/mol. The molecule has 0 saturated carbocycles. The highest BCUT2D eigenvalue weighted by molar-refractivity contribution is 6.05. The average Bonchev–Trinajstić information content (AvgIpc) is 2.36. The van der Waals surface area contributed by atoms with Crippen LogP contribution in [0.3, 0.4) is 0 Å². The zero-order valence-corrected chi connectivity index (χ0v) is 5.42. The van der Waals surface area contributed by atoms with Crippen LogP contribution < -0.4 is 0 Å². The maximum Gasteiger partial charge on any atom is 0.201 e. The molecule has 0 atom stereocenters. The van der Waals surface area contributed by atoms with Crippen molar-refractivity contribution in [1.29, 1.82) is 0 Å². The molecule has 0 amide bonds. The molecule has 0 unspecified atom stereocenters. The van der Waals surface area contributed by atoms with Gasteiger partial charge in [0.2, 0.25) is 5.78 Å². The van der Waals surface area contributed by atoms with Gasteiger partial charge in [-0.2, -0.15) is 0 Å². The zero-order chi connectivity index (χ0) is 6.97. The van der Waals surface area contributed by atoms with Gasteiger partial charge in [0.15, 0.2) is 0 Å². The van der Waals surface area contributed by atoms with E-state index in [1.165, 1.54) is 0 Å². The molecule has 2 rings (SSSR count). The fourth-order valence-corrected chi connectivity index (χ4v) is 1.18. The van der Waals surface area contributed by atoms with Crippen LogP contribution in [-0.2, 0) is 6.42 Å². The van der Waals surface area contributed by atoms with E-state index in [2.05, 4.69) is 4.98 Å². The van der Waals surface area contributed by atoms with Crippen molar-refractivity contribution in [2.24, 2.45) is 0 Å². The van der Waals surface area contributed by atoms with E-state index in [-0.39, 0.29) is 5.78 Å². The van der Waals surface area contributed by atoms with Crippen LogP contribution in [0.25, 0.3) is 0 Å². The second kappa shape index (κ2) is 1.84. The Bertz CT molecular complexity index is 296. The number of ketones is 1. The Morgan fingerprint density at radius 2 is 2.40 bits per heavy atom. The molecule has 0 saturated heterocycles. The number of aromatic nitrogens is 1. The van der Waals surface area contributed by atoms with E-state index in [1.807, 2.05) is 12.1 Å². The predicted molar refractivity (Wildman–Crippen MR) is 38.0 cm³/mol. The summed E-state index contributed by atoms with van der Waals surface area (Å²) in [5.74, 6) is 0.0891. The summed E-state index contributed by atoms with van der Waals surface area (Å²) in [6.07, 6.45) is 6.18. The van der Waals surface area contributed by atoms with E-state index in [9.17, 15) is 4.79 Å². The third kappa shape index (κ3) is 0.620. The molecule has 2 heteroatoms. The minimum Gasteiger partial charge on any atom is -0.358 e. The Labute approximate surface area is 58.6 Å². The first-order chi connectivity index (χ1) is 4.88. The summed E-state index contributed by atoms with van der Waals surface area (Å²) in [4.78, 5) is 13.9. The number of H-pyrrole nitrogens is 1. The summed E-state index contributed by atoms with van der Waals surface area (Å²) in [6, 6.07) is 1.94. The molecule has 10 heavy (non-hydrogen) atoms. The Morgan fingerprint density at radius 3 is 3.20 bits per heavy atom. The van der Waals surface area contributed by atoms with Gasteiger partial charge in [0.1, 0.15) is 0 Å². The van der Waals surface area contributed by atoms with Crippen LogP contribution in [0.2, 0.25) is 0 Å². The van der Waals surface area contributed by atoms with Crippen LogP contribution >= 0.6 is 0 Å². The molecule has 1 aromatic heterocycles. The van der Waals surface area contributed by atoms with Crippen molar-refractivity contribution in [3.8, 4) is 0 Å². The molecule has 0 bridgehead atoms. The number of hydrogen-bond acceptors (Lipinski definition) is 1. The van der Waals surface area contributed by atoms with Gasteiger partial charge in [-0.05, 0) is 24.1 Å². The van der Waals surface area contributed by atoms with E-state index in [1.54, 1.807) is 12.3 Å². The van der Waals surface area contributed by atoms with E-state index >= 15 is 0 Å². The second-order valence-corrected chi connectivity index (χ2v) is 2.35. The smallest absolute Gasteiger partial charge is 0.201 e. The fraction of sp³-hybridized carbons (Fsp3) is 0.125. The maximum absolute atomic E-state index is 11.0. The third-order valence-corrected chi connectivity index (χ3v) is 1.69. The molecule has 1 heterocycles. The summed E-state index contributed by atoms with van der Waals surface area (Å²) in [6.45, 7) is 0. The highest BCUT2D eigenvalue weighted by Crippen LogP contribution is 2.13. The van der Waals surface area contributed by atoms with Crippen LogP contribution in [0.15, 0.2) is 24.4 Å². The van der Waals surface area contributed by atoms with Crippen molar-refractivity contribution in [3.05, 3.63) is 35.7 Å². The Balaban J connectivity index is 2.58. The van der Waals surface area contributed by atoms with Crippen LogP contribution in [0, 0.1) is 0 Å². The largest absolute Gasteiger partial charge is 0.358 e. The molecule has 0 fully saturated rings. The van der Waals surface area contributed by atoms with Gasteiger partial charge in [0.25, 0.3) is 0 Å². The molecule has 0 radical (unpaired) electrons. The molecule has 0 spiro atoms. The van der Waals surface area contributed by atoms with Gasteiger partial charge in [-0.1, -0.05) is 6.08 Å². The SMILES string of the molecule is O=C1C=CCc2cc[nH]c21.